The van der Waals surface area contributed by atoms with E-state index in [0.717, 1.165) is 16.9 Å². The Bertz CT molecular complexity index is 765. The average molecular weight is 404 g/mol. The van der Waals surface area contributed by atoms with Crippen molar-refractivity contribution in [2.75, 3.05) is 47.6 Å². The number of rotatable bonds is 12. The van der Waals surface area contributed by atoms with Crippen LogP contribution in [0.1, 0.15) is 16.7 Å². The van der Waals surface area contributed by atoms with Crippen LogP contribution in [-0.2, 0) is 11.3 Å². The van der Waals surface area contributed by atoms with Crippen LogP contribution in [0.4, 0.5) is 0 Å². The lowest BCUT2D eigenvalue weighted by molar-refractivity contribution is 0.0741. The maximum Gasteiger partial charge on any atom is 0.161 e. The van der Waals surface area contributed by atoms with E-state index in [1.54, 1.807) is 14.2 Å². The van der Waals surface area contributed by atoms with E-state index < -0.39 is 6.10 Å². The minimum atomic E-state index is -0.587. The summed E-state index contributed by atoms with van der Waals surface area (Å²) in [5, 5.41) is 10.4. The number of nitrogens with zero attached hydrogens (tertiary/aromatic N) is 1. The Hall–Kier alpha value is -2.28. The molecule has 1 N–H and O–H groups in total. The second-order valence-corrected chi connectivity index (χ2v) is 7.26. The molecular weight excluding hydrogens is 370 g/mol. The normalized spacial score (nSPS) is 12.1. The third kappa shape index (κ3) is 7.57. The smallest absolute Gasteiger partial charge is 0.161 e. The van der Waals surface area contributed by atoms with Gasteiger partial charge in [-0.1, -0.05) is 23.8 Å². The second kappa shape index (κ2) is 11.7. The van der Waals surface area contributed by atoms with E-state index in [-0.39, 0.29) is 6.61 Å². The van der Waals surface area contributed by atoms with Gasteiger partial charge in [-0.2, -0.15) is 0 Å². The molecule has 0 spiro atoms. The summed E-state index contributed by atoms with van der Waals surface area (Å²) >= 11 is 0. The van der Waals surface area contributed by atoms with Crippen LogP contribution < -0.4 is 14.2 Å². The van der Waals surface area contributed by atoms with Crippen molar-refractivity contribution in [3.8, 4) is 17.2 Å². The van der Waals surface area contributed by atoms with Gasteiger partial charge in [0, 0.05) is 20.2 Å². The number of hydrogen-bond donors (Lipinski definition) is 1. The van der Waals surface area contributed by atoms with Crippen LogP contribution in [0.15, 0.2) is 36.4 Å². The highest BCUT2D eigenvalue weighted by Crippen LogP contribution is 2.28. The Morgan fingerprint density at radius 1 is 0.931 bits per heavy atom. The number of hydrogen-bond acceptors (Lipinski definition) is 6. The first kappa shape index (κ1) is 23.0. The molecule has 0 amide bonds. The van der Waals surface area contributed by atoms with E-state index in [9.17, 15) is 5.11 Å². The Kier molecular flexibility index (Phi) is 9.25. The second-order valence-electron chi connectivity index (χ2n) is 7.26. The van der Waals surface area contributed by atoms with E-state index in [1.165, 1.54) is 5.56 Å². The Morgan fingerprint density at radius 3 is 2.38 bits per heavy atom. The van der Waals surface area contributed by atoms with Crippen molar-refractivity contribution in [1.82, 2.24) is 4.90 Å². The van der Waals surface area contributed by atoms with Crippen LogP contribution in [-0.4, -0.2) is 63.7 Å². The molecule has 29 heavy (non-hydrogen) atoms. The fourth-order valence-corrected chi connectivity index (χ4v) is 3.10. The van der Waals surface area contributed by atoms with Crippen molar-refractivity contribution in [2.24, 2.45) is 0 Å². The molecule has 0 unspecified atom stereocenters. The standard InChI is InChI=1S/C23H33NO5/c1-17-6-8-21(18(2)12-17)29-16-20(25)15-24(3)14-19-7-9-22(27-5)23(13-19)28-11-10-26-4/h6-9,12-13,20,25H,10-11,14-16H2,1-5H3/t20-/m1/s1. The highest BCUT2D eigenvalue weighted by Gasteiger charge is 2.12. The minimum Gasteiger partial charge on any atom is -0.493 e. The van der Waals surface area contributed by atoms with Crippen molar-refractivity contribution < 1.29 is 24.1 Å². The van der Waals surface area contributed by atoms with Gasteiger partial charge in [-0.15, -0.1) is 0 Å². The molecule has 0 aliphatic carbocycles. The molecule has 0 aliphatic rings. The first-order chi connectivity index (χ1) is 13.9. The summed E-state index contributed by atoms with van der Waals surface area (Å²) in [6.45, 7) is 6.45. The van der Waals surface area contributed by atoms with Crippen molar-refractivity contribution in [1.29, 1.82) is 0 Å². The lowest BCUT2D eigenvalue weighted by Crippen LogP contribution is -2.32. The van der Waals surface area contributed by atoms with Crippen LogP contribution in [0.5, 0.6) is 17.2 Å². The van der Waals surface area contributed by atoms with Crippen molar-refractivity contribution in [3.05, 3.63) is 53.1 Å². The maximum absolute atomic E-state index is 10.4. The molecule has 0 fully saturated rings. The zero-order valence-corrected chi connectivity index (χ0v) is 18.1. The van der Waals surface area contributed by atoms with Gasteiger partial charge in [-0.3, -0.25) is 4.90 Å². The Morgan fingerprint density at radius 2 is 1.69 bits per heavy atom. The predicted octanol–water partition coefficient (Wildman–Crippen LogP) is 3.21. The van der Waals surface area contributed by atoms with Crippen LogP contribution in [0, 0.1) is 13.8 Å². The molecule has 0 aromatic heterocycles. The van der Waals surface area contributed by atoms with Gasteiger partial charge in [-0.25, -0.2) is 0 Å². The van der Waals surface area contributed by atoms with E-state index in [2.05, 4.69) is 11.0 Å². The molecule has 0 bridgehead atoms. The summed E-state index contributed by atoms with van der Waals surface area (Å²) in [4.78, 5) is 2.05. The number of likely N-dealkylation sites (N-methyl/N-ethyl adjacent to an activating group) is 1. The third-order valence-corrected chi connectivity index (χ3v) is 4.51. The van der Waals surface area contributed by atoms with Crippen LogP contribution in [0.3, 0.4) is 0 Å². The fraction of sp³-hybridized carbons (Fsp3) is 0.478. The molecular formula is C23H33NO5. The lowest BCUT2D eigenvalue weighted by Gasteiger charge is -2.22. The monoisotopic (exact) mass is 403 g/mol. The molecule has 0 saturated carbocycles. The number of aliphatic hydroxyl groups excluding tert-OH is 1. The number of methoxy groups -OCH3 is 2. The van der Waals surface area contributed by atoms with E-state index in [4.69, 9.17) is 18.9 Å². The summed E-state index contributed by atoms with van der Waals surface area (Å²) < 4.78 is 21.9. The first-order valence-corrected chi connectivity index (χ1v) is 9.78. The van der Waals surface area contributed by atoms with Gasteiger partial charge >= 0.3 is 0 Å². The molecule has 6 heteroatoms. The van der Waals surface area contributed by atoms with Gasteiger partial charge in [0.25, 0.3) is 0 Å². The zero-order chi connectivity index (χ0) is 21.2. The zero-order valence-electron chi connectivity index (χ0n) is 18.1. The highest BCUT2D eigenvalue weighted by atomic mass is 16.5. The van der Waals surface area contributed by atoms with Crippen LogP contribution in [0.2, 0.25) is 0 Å². The van der Waals surface area contributed by atoms with Crippen LogP contribution in [0.25, 0.3) is 0 Å². The predicted molar refractivity (Wildman–Crippen MR) is 114 cm³/mol. The van der Waals surface area contributed by atoms with Crippen molar-refractivity contribution >= 4 is 0 Å². The molecule has 0 heterocycles. The number of aryl methyl sites for hydroxylation is 2. The molecule has 6 nitrogen and oxygen atoms in total. The molecule has 2 aromatic rings. The summed E-state index contributed by atoms with van der Waals surface area (Å²) in [5.41, 5.74) is 3.34. The summed E-state index contributed by atoms with van der Waals surface area (Å²) in [6.07, 6.45) is -0.587. The number of ether oxygens (including phenoxy) is 4. The quantitative estimate of drug-likeness (QED) is 0.549. The SMILES string of the molecule is COCCOc1cc(CN(C)C[C@@H](O)COc2ccc(C)cc2C)ccc1OC. The molecule has 0 radical (unpaired) electrons. The minimum absolute atomic E-state index is 0.252. The summed E-state index contributed by atoms with van der Waals surface area (Å²) in [6, 6.07) is 11.9. The maximum atomic E-state index is 10.4. The molecule has 2 aromatic carbocycles. The summed E-state index contributed by atoms with van der Waals surface area (Å²) in [5.74, 6) is 2.19. The first-order valence-electron chi connectivity index (χ1n) is 9.78. The largest absolute Gasteiger partial charge is 0.493 e. The average Bonchev–Trinajstić information content (AvgIpc) is 2.67. The van der Waals surface area contributed by atoms with Crippen LogP contribution >= 0.6 is 0 Å². The molecule has 2 rings (SSSR count). The molecule has 160 valence electrons. The number of benzene rings is 2. The Balaban J connectivity index is 1.87. The van der Waals surface area contributed by atoms with Gasteiger partial charge in [0.2, 0.25) is 0 Å². The van der Waals surface area contributed by atoms with Gasteiger partial charge < -0.3 is 24.1 Å². The topological polar surface area (TPSA) is 60.4 Å². The van der Waals surface area contributed by atoms with E-state index in [0.29, 0.717) is 37.8 Å². The van der Waals surface area contributed by atoms with Gasteiger partial charge in [0.15, 0.2) is 11.5 Å². The molecule has 0 aliphatic heterocycles. The third-order valence-electron chi connectivity index (χ3n) is 4.51. The fourth-order valence-electron chi connectivity index (χ4n) is 3.10. The highest BCUT2D eigenvalue weighted by molar-refractivity contribution is 5.43. The summed E-state index contributed by atoms with van der Waals surface area (Å²) in [7, 11) is 5.23. The van der Waals surface area contributed by atoms with Gasteiger partial charge in [0.1, 0.15) is 25.1 Å². The van der Waals surface area contributed by atoms with Gasteiger partial charge in [0.05, 0.1) is 13.7 Å². The molecule has 0 saturated heterocycles. The van der Waals surface area contributed by atoms with Crippen molar-refractivity contribution in [2.45, 2.75) is 26.5 Å². The van der Waals surface area contributed by atoms with E-state index in [1.807, 2.05) is 51.2 Å². The molecule has 1 atom stereocenters. The van der Waals surface area contributed by atoms with E-state index >= 15 is 0 Å². The lowest BCUT2D eigenvalue weighted by atomic mass is 10.1. The Labute approximate surface area is 174 Å². The van der Waals surface area contributed by atoms with Crippen molar-refractivity contribution in [3.63, 3.8) is 0 Å². The number of aliphatic hydroxyl groups is 1. The van der Waals surface area contributed by atoms with Gasteiger partial charge in [-0.05, 0) is 50.2 Å².